The quantitative estimate of drug-likeness (QED) is 0.902. The number of carbonyl (C=O) groups is 1. The second-order valence-corrected chi connectivity index (χ2v) is 4.97. The van der Waals surface area contributed by atoms with Crippen molar-refractivity contribution in [2.45, 2.75) is 18.3 Å². The van der Waals surface area contributed by atoms with Crippen molar-refractivity contribution in [2.24, 2.45) is 7.05 Å². The molecule has 2 aromatic rings. The van der Waals surface area contributed by atoms with Gasteiger partial charge >= 0.3 is 11.7 Å². The highest BCUT2D eigenvalue weighted by Crippen LogP contribution is 2.50. The first-order valence-electron chi connectivity index (χ1n) is 6.13. The second kappa shape index (κ2) is 3.85. The van der Waals surface area contributed by atoms with Gasteiger partial charge in [-0.05, 0) is 24.5 Å². The van der Waals surface area contributed by atoms with Crippen molar-refractivity contribution in [3.8, 4) is 5.69 Å². The first-order chi connectivity index (χ1) is 9.06. The topological polar surface area (TPSA) is 64.2 Å². The number of aliphatic carboxylic acids is 1. The molecule has 19 heavy (non-hydrogen) atoms. The molecule has 1 N–H and O–H groups in total. The molecular formula is C14H14N2O3. The molecule has 5 heteroatoms. The summed E-state index contributed by atoms with van der Waals surface area (Å²) in [6, 6.07) is 7.22. The number of benzene rings is 1. The molecule has 1 aromatic heterocycles. The summed E-state index contributed by atoms with van der Waals surface area (Å²) >= 11 is 0. The number of para-hydroxylation sites is 1. The number of rotatable bonds is 3. The molecule has 0 saturated heterocycles. The lowest BCUT2D eigenvalue weighted by Gasteiger charge is -2.15. The van der Waals surface area contributed by atoms with E-state index in [2.05, 4.69) is 0 Å². The molecule has 1 aromatic carbocycles. The molecule has 0 bridgehead atoms. The summed E-state index contributed by atoms with van der Waals surface area (Å²) in [5.41, 5.74) is 0.392. The lowest BCUT2D eigenvalue weighted by molar-refractivity contribution is -0.140. The normalized spacial score (nSPS) is 16.3. The van der Waals surface area contributed by atoms with Gasteiger partial charge in [-0.3, -0.25) is 9.36 Å². The van der Waals surface area contributed by atoms with E-state index in [-0.39, 0.29) is 5.69 Å². The highest BCUT2D eigenvalue weighted by Gasteiger charge is 2.53. The molecule has 1 fully saturated rings. The highest BCUT2D eigenvalue weighted by atomic mass is 16.4. The van der Waals surface area contributed by atoms with Crippen molar-refractivity contribution in [1.29, 1.82) is 0 Å². The van der Waals surface area contributed by atoms with Crippen LogP contribution in [0.4, 0.5) is 0 Å². The maximum Gasteiger partial charge on any atom is 0.332 e. The minimum absolute atomic E-state index is 0.173. The molecule has 98 valence electrons. The number of imidazole rings is 1. The Morgan fingerprint density at radius 3 is 2.47 bits per heavy atom. The Labute approximate surface area is 109 Å². The summed E-state index contributed by atoms with van der Waals surface area (Å²) in [6.45, 7) is 0. The fourth-order valence-corrected chi connectivity index (χ4v) is 2.46. The molecule has 0 aliphatic heterocycles. The van der Waals surface area contributed by atoms with E-state index in [4.69, 9.17) is 0 Å². The molecule has 5 nitrogen and oxygen atoms in total. The number of hydrogen-bond acceptors (Lipinski definition) is 2. The van der Waals surface area contributed by atoms with Gasteiger partial charge in [0, 0.05) is 19.4 Å². The predicted molar refractivity (Wildman–Crippen MR) is 69.6 cm³/mol. The van der Waals surface area contributed by atoms with Crippen LogP contribution in [-0.2, 0) is 17.3 Å². The van der Waals surface area contributed by atoms with Crippen LogP contribution in [0.15, 0.2) is 41.5 Å². The fraction of sp³-hybridized carbons (Fsp3) is 0.286. The minimum Gasteiger partial charge on any atom is -0.481 e. The van der Waals surface area contributed by atoms with E-state index in [0.29, 0.717) is 18.5 Å². The standard InChI is InChI=1S/C14H14N2O3/c1-15-8-9-16(13(15)19)11-5-3-2-4-10(11)14(6-7-14)12(17)18/h2-5,8-9H,6-7H2,1H3,(H,17,18). The summed E-state index contributed by atoms with van der Waals surface area (Å²) in [7, 11) is 1.67. The lowest BCUT2D eigenvalue weighted by atomic mass is 9.94. The Morgan fingerprint density at radius 2 is 1.95 bits per heavy atom. The number of carboxylic acid groups (broad SMARTS) is 1. The van der Waals surface area contributed by atoms with Crippen LogP contribution in [0.2, 0.25) is 0 Å². The van der Waals surface area contributed by atoms with Gasteiger partial charge in [-0.15, -0.1) is 0 Å². The Balaban J connectivity index is 2.22. The molecule has 1 aliphatic rings. The van der Waals surface area contributed by atoms with Crippen LogP contribution < -0.4 is 5.69 Å². The number of aromatic nitrogens is 2. The zero-order valence-electron chi connectivity index (χ0n) is 10.5. The molecule has 0 atom stereocenters. The third-order valence-corrected chi connectivity index (χ3v) is 3.79. The van der Waals surface area contributed by atoms with Gasteiger partial charge in [0.25, 0.3) is 0 Å². The molecule has 1 aliphatic carbocycles. The summed E-state index contributed by atoms with van der Waals surface area (Å²) in [5, 5.41) is 9.41. The average molecular weight is 258 g/mol. The number of carboxylic acids is 1. The van der Waals surface area contributed by atoms with Crippen molar-refractivity contribution in [2.75, 3.05) is 0 Å². The van der Waals surface area contributed by atoms with Crippen LogP contribution in [0.5, 0.6) is 0 Å². The van der Waals surface area contributed by atoms with Crippen molar-refractivity contribution in [3.05, 3.63) is 52.7 Å². The average Bonchev–Trinajstić information content (AvgIpc) is 3.14. The van der Waals surface area contributed by atoms with Gasteiger partial charge in [-0.25, -0.2) is 4.79 Å². The van der Waals surface area contributed by atoms with Crippen LogP contribution in [0.1, 0.15) is 18.4 Å². The van der Waals surface area contributed by atoms with E-state index in [1.807, 2.05) is 12.1 Å². The second-order valence-electron chi connectivity index (χ2n) is 4.97. The summed E-state index contributed by atoms with van der Waals surface area (Å²) < 4.78 is 2.97. The van der Waals surface area contributed by atoms with Crippen molar-refractivity contribution in [1.82, 2.24) is 9.13 Å². The van der Waals surface area contributed by atoms with Gasteiger partial charge in [0.15, 0.2) is 0 Å². The number of nitrogens with zero attached hydrogens (tertiary/aromatic N) is 2. The van der Waals surface area contributed by atoms with E-state index in [1.165, 1.54) is 9.13 Å². The summed E-state index contributed by atoms with van der Waals surface area (Å²) in [4.78, 5) is 23.5. The largest absolute Gasteiger partial charge is 0.481 e. The molecule has 0 spiro atoms. The lowest BCUT2D eigenvalue weighted by Crippen LogP contribution is -2.26. The van der Waals surface area contributed by atoms with Crippen molar-refractivity contribution < 1.29 is 9.90 Å². The Hall–Kier alpha value is -2.30. The molecule has 3 rings (SSSR count). The third-order valence-electron chi connectivity index (χ3n) is 3.79. The summed E-state index contributed by atoms with van der Waals surface area (Å²) in [5.74, 6) is -0.816. The predicted octanol–water partition coefficient (Wildman–Crippen LogP) is 1.29. The number of aryl methyl sites for hydroxylation is 1. The first-order valence-corrected chi connectivity index (χ1v) is 6.13. The van der Waals surface area contributed by atoms with Crippen molar-refractivity contribution in [3.63, 3.8) is 0 Å². The van der Waals surface area contributed by atoms with Crippen LogP contribution in [-0.4, -0.2) is 20.2 Å². The summed E-state index contributed by atoms with van der Waals surface area (Å²) in [6.07, 6.45) is 4.58. The van der Waals surface area contributed by atoms with Gasteiger partial charge in [0.2, 0.25) is 0 Å². The highest BCUT2D eigenvalue weighted by molar-refractivity contribution is 5.86. The molecule has 0 amide bonds. The van der Waals surface area contributed by atoms with Crippen LogP contribution in [0, 0.1) is 0 Å². The maximum absolute atomic E-state index is 12.0. The Kier molecular flexibility index (Phi) is 2.38. The van der Waals surface area contributed by atoms with Gasteiger partial charge < -0.3 is 9.67 Å². The third kappa shape index (κ3) is 1.62. The van der Waals surface area contributed by atoms with E-state index >= 15 is 0 Å². The smallest absolute Gasteiger partial charge is 0.332 e. The molecule has 1 heterocycles. The SMILES string of the molecule is Cn1ccn(-c2ccccc2C2(C(=O)O)CC2)c1=O. The molecule has 0 unspecified atom stereocenters. The van der Waals surface area contributed by atoms with E-state index in [1.54, 1.807) is 31.6 Å². The van der Waals surface area contributed by atoms with E-state index in [9.17, 15) is 14.7 Å². The maximum atomic E-state index is 12.0. The Bertz CT molecular complexity index is 707. The van der Waals surface area contributed by atoms with Crippen LogP contribution >= 0.6 is 0 Å². The van der Waals surface area contributed by atoms with Crippen molar-refractivity contribution >= 4 is 5.97 Å². The monoisotopic (exact) mass is 258 g/mol. The van der Waals surface area contributed by atoms with Gasteiger partial charge in [0.05, 0.1) is 11.1 Å². The van der Waals surface area contributed by atoms with Gasteiger partial charge in [-0.1, -0.05) is 18.2 Å². The zero-order chi connectivity index (χ0) is 13.6. The number of hydrogen-bond donors (Lipinski definition) is 1. The minimum atomic E-state index is -0.816. The Morgan fingerprint density at radius 1 is 1.26 bits per heavy atom. The van der Waals surface area contributed by atoms with Crippen LogP contribution in [0.3, 0.4) is 0 Å². The molecule has 0 radical (unpaired) electrons. The zero-order valence-corrected chi connectivity index (χ0v) is 10.5. The van der Waals surface area contributed by atoms with Crippen LogP contribution in [0.25, 0.3) is 5.69 Å². The van der Waals surface area contributed by atoms with E-state index in [0.717, 1.165) is 5.56 Å². The van der Waals surface area contributed by atoms with Gasteiger partial charge in [-0.2, -0.15) is 0 Å². The molecular weight excluding hydrogens is 244 g/mol. The van der Waals surface area contributed by atoms with E-state index < -0.39 is 11.4 Å². The molecule has 1 saturated carbocycles. The first kappa shape index (κ1) is 11.8. The fourth-order valence-electron chi connectivity index (χ4n) is 2.46. The van der Waals surface area contributed by atoms with Gasteiger partial charge in [0.1, 0.15) is 0 Å².